The van der Waals surface area contributed by atoms with Crippen LogP contribution in [-0.2, 0) is 11.3 Å². The van der Waals surface area contributed by atoms with Crippen LogP contribution in [0.5, 0.6) is 5.75 Å². The molecular formula is C21H18N2O4. The molecule has 0 radical (unpaired) electrons. The molecule has 0 unspecified atom stereocenters. The highest BCUT2D eigenvalue weighted by Crippen LogP contribution is 2.34. The molecule has 1 N–H and O–H groups in total. The van der Waals surface area contributed by atoms with Crippen molar-refractivity contribution in [2.24, 2.45) is 0 Å². The normalized spacial score (nSPS) is 15.6. The Morgan fingerprint density at radius 3 is 2.56 bits per heavy atom. The highest BCUT2D eigenvalue weighted by molar-refractivity contribution is 6.06. The van der Waals surface area contributed by atoms with E-state index >= 15 is 0 Å². The summed E-state index contributed by atoms with van der Waals surface area (Å²) in [7, 11) is 0. The average molecular weight is 362 g/mol. The number of nitrogens with zero attached hydrogens (tertiary/aromatic N) is 1. The number of rotatable bonds is 4. The monoisotopic (exact) mass is 362 g/mol. The van der Waals surface area contributed by atoms with Crippen molar-refractivity contribution in [3.63, 3.8) is 0 Å². The first-order chi connectivity index (χ1) is 13.2. The van der Waals surface area contributed by atoms with Crippen LogP contribution in [0.4, 0.5) is 5.69 Å². The van der Waals surface area contributed by atoms with Crippen LogP contribution in [-0.4, -0.2) is 24.5 Å². The maximum Gasteiger partial charge on any atom is 0.294 e. The number of anilines is 1. The topological polar surface area (TPSA) is 71.8 Å². The molecule has 0 fully saturated rings. The van der Waals surface area contributed by atoms with Gasteiger partial charge < -0.3 is 14.5 Å². The molecule has 1 aromatic heterocycles. The molecule has 2 aromatic carbocycles. The van der Waals surface area contributed by atoms with Gasteiger partial charge in [-0.1, -0.05) is 42.5 Å². The lowest BCUT2D eigenvalue weighted by Gasteiger charge is -2.33. The van der Waals surface area contributed by atoms with Crippen LogP contribution in [0.3, 0.4) is 0 Å². The molecule has 0 aliphatic carbocycles. The first-order valence-electron chi connectivity index (χ1n) is 8.65. The number of hydrogen-bond acceptors (Lipinski definition) is 4. The van der Waals surface area contributed by atoms with Crippen molar-refractivity contribution < 1.29 is 18.7 Å². The molecule has 0 bridgehead atoms. The van der Waals surface area contributed by atoms with Crippen molar-refractivity contribution in [1.82, 2.24) is 5.32 Å². The third-order valence-electron chi connectivity index (χ3n) is 4.35. The number of nitrogens with one attached hydrogen (secondary N) is 1. The Morgan fingerprint density at radius 2 is 1.78 bits per heavy atom. The summed E-state index contributed by atoms with van der Waals surface area (Å²) in [6, 6.07) is 20.0. The van der Waals surface area contributed by atoms with Crippen molar-refractivity contribution >= 4 is 17.5 Å². The van der Waals surface area contributed by atoms with Crippen LogP contribution >= 0.6 is 0 Å². The van der Waals surface area contributed by atoms with Gasteiger partial charge in [-0.2, -0.15) is 0 Å². The molecule has 6 nitrogen and oxygen atoms in total. The first kappa shape index (κ1) is 16.9. The molecule has 136 valence electrons. The molecule has 2 heterocycles. The molecule has 1 atom stereocenters. The van der Waals surface area contributed by atoms with Crippen LogP contribution in [0.2, 0.25) is 0 Å². The zero-order chi connectivity index (χ0) is 18.6. The lowest BCUT2D eigenvalue weighted by atomic mass is 10.1. The van der Waals surface area contributed by atoms with Gasteiger partial charge in [0.05, 0.1) is 18.5 Å². The summed E-state index contributed by atoms with van der Waals surface area (Å²) in [4.78, 5) is 27.0. The van der Waals surface area contributed by atoms with E-state index < -0.39 is 6.10 Å². The highest BCUT2D eigenvalue weighted by atomic mass is 16.5. The summed E-state index contributed by atoms with van der Waals surface area (Å²) < 4.78 is 11.1. The molecule has 1 aliphatic rings. The number of amides is 2. The van der Waals surface area contributed by atoms with Gasteiger partial charge in [-0.15, -0.1) is 0 Å². The second-order valence-electron chi connectivity index (χ2n) is 6.17. The fourth-order valence-corrected chi connectivity index (χ4v) is 3.00. The van der Waals surface area contributed by atoms with Crippen molar-refractivity contribution in [2.45, 2.75) is 12.6 Å². The van der Waals surface area contributed by atoms with Gasteiger partial charge in [0.2, 0.25) is 0 Å². The number of carbonyl (C=O) groups excluding carboxylic acids is 2. The second kappa shape index (κ2) is 7.37. The number of ether oxygens (including phenoxy) is 1. The zero-order valence-corrected chi connectivity index (χ0v) is 14.5. The number of benzene rings is 2. The Morgan fingerprint density at radius 1 is 1.00 bits per heavy atom. The lowest BCUT2D eigenvalue weighted by molar-refractivity contribution is -0.128. The van der Waals surface area contributed by atoms with Gasteiger partial charge in [-0.25, -0.2) is 0 Å². The van der Waals surface area contributed by atoms with Gasteiger partial charge in [-0.05, 0) is 29.8 Å². The molecule has 27 heavy (non-hydrogen) atoms. The van der Waals surface area contributed by atoms with E-state index in [0.29, 0.717) is 18.0 Å². The Bertz CT molecular complexity index is 938. The molecule has 0 saturated carbocycles. The average Bonchev–Trinajstić information content (AvgIpc) is 3.26. The number of hydrogen-bond donors (Lipinski definition) is 1. The summed E-state index contributed by atoms with van der Waals surface area (Å²) >= 11 is 0. The smallest absolute Gasteiger partial charge is 0.294 e. The molecule has 0 spiro atoms. The highest BCUT2D eigenvalue weighted by Gasteiger charge is 2.34. The fraction of sp³-hybridized carbons (Fsp3) is 0.143. The van der Waals surface area contributed by atoms with Gasteiger partial charge >= 0.3 is 0 Å². The van der Waals surface area contributed by atoms with E-state index in [2.05, 4.69) is 5.32 Å². The standard InChI is InChI=1S/C21H18N2O4/c24-20(22-13-15-7-2-1-3-8-15)19-14-23(21(25)18-11-6-12-26-18)16-9-4-5-10-17(16)27-19/h1-12,19H,13-14H2,(H,22,24)/t19-/m0/s1. The molecule has 2 amide bonds. The third-order valence-corrected chi connectivity index (χ3v) is 4.35. The minimum absolute atomic E-state index is 0.108. The summed E-state index contributed by atoms with van der Waals surface area (Å²) in [5, 5.41) is 2.87. The Labute approximate surface area is 156 Å². The van der Waals surface area contributed by atoms with Gasteiger partial charge in [0.25, 0.3) is 11.8 Å². The number of para-hydroxylation sites is 2. The molecule has 0 saturated heterocycles. The minimum atomic E-state index is -0.803. The van der Waals surface area contributed by atoms with E-state index in [1.54, 1.807) is 30.3 Å². The maximum absolute atomic E-state index is 12.8. The summed E-state index contributed by atoms with van der Waals surface area (Å²) in [5.41, 5.74) is 1.61. The Hall–Kier alpha value is -3.54. The van der Waals surface area contributed by atoms with Crippen LogP contribution in [0, 0.1) is 0 Å². The summed E-state index contributed by atoms with van der Waals surface area (Å²) in [6.07, 6.45) is 0.645. The number of fused-ring (bicyclic) bond motifs is 1. The van der Waals surface area contributed by atoms with E-state index in [4.69, 9.17) is 9.15 Å². The van der Waals surface area contributed by atoms with Crippen molar-refractivity contribution in [3.8, 4) is 5.75 Å². The van der Waals surface area contributed by atoms with Crippen molar-refractivity contribution in [3.05, 3.63) is 84.3 Å². The van der Waals surface area contributed by atoms with Crippen LogP contribution in [0.25, 0.3) is 0 Å². The first-order valence-corrected chi connectivity index (χ1v) is 8.65. The molecule has 6 heteroatoms. The maximum atomic E-state index is 12.8. The second-order valence-corrected chi connectivity index (χ2v) is 6.17. The van der Waals surface area contributed by atoms with E-state index in [1.165, 1.54) is 11.2 Å². The molecular weight excluding hydrogens is 344 g/mol. The van der Waals surface area contributed by atoms with Gasteiger partial charge in [0.1, 0.15) is 5.75 Å². The largest absolute Gasteiger partial charge is 0.477 e. The van der Waals surface area contributed by atoms with Crippen LogP contribution < -0.4 is 15.0 Å². The van der Waals surface area contributed by atoms with Crippen molar-refractivity contribution in [2.75, 3.05) is 11.4 Å². The SMILES string of the molecule is O=C(NCc1ccccc1)[C@@H]1CN(C(=O)c2ccco2)c2ccccc2O1. The van der Waals surface area contributed by atoms with E-state index in [0.717, 1.165) is 5.56 Å². The quantitative estimate of drug-likeness (QED) is 0.774. The van der Waals surface area contributed by atoms with Crippen LogP contribution in [0.15, 0.2) is 77.4 Å². The third kappa shape index (κ3) is 3.55. The van der Waals surface area contributed by atoms with E-state index in [-0.39, 0.29) is 24.1 Å². The van der Waals surface area contributed by atoms with Gasteiger partial charge in [0, 0.05) is 6.54 Å². The van der Waals surface area contributed by atoms with Crippen molar-refractivity contribution in [1.29, 1.82) is 0 Å². The van der Waals surface area contributed by atoms with E-state index in [9.17, 15) is 9.59 Å². The predicted molar refractivity (Wildman–Crippen MR) is 99.5 cm³/mol. The Balaban J connectivity index is 1.53. The molecule has 4 rings (SSSR count). The number of carbonyl (C=O) groups is 2. The predicted octanol–water partition coefficient (Wildman–Crippen LogP) is 3.00. The zero-order valence-electron chi connectivity index (χ0n) is 14.5. The van der Waals surface area contributed by atoms with Gasteiger partial charge in [-0.3, -0.25) is 14.5 Å². The Kier molecular flexibility index (Phi) is 4.61. The molecule has 3 aromatic rings. The van der Waals surface area contributed by atoms with E-state index in [1.807, 2.05) is 36.4 Å². The fourth-order valence-electron chi connectivity index (χ4n) is 3.00. The number of furan rings is 1. The summed E-state index contributed by atoms with van der Waals surface area (Å²) in [5.74, 6) is 0.126. The minimum Gasteiger partial charge on any atom is -0.477 e. The van der Waals surface area contributed by atoms with Gasteiger partial charge in [0.15, 0.2) is 11.9 Å². The van der Waals surface area contributed by atoms with Crippen LogP contribution in [0.1, 0.15) is 16.1 Å². The summed E-state index contributed by atoms with van der Waals surface area (Å²) in [6.45, 7) is 0.504. The lowest BCUT2D eigenvalue weighted by Crippen LogP contribution is -2.50. The molecule has 1 aliphatic heterocycles.